The van der Waals surface area contributed by atoms with Crippen molar-refractivity contribution in [3.63, 3.8) is 0 Å². The first kappa shape index (κ1) is 21.3. The summed E-state index contributed by atoms with van der Waals surface area (Å²) in [6.45, 7) is 9.90. The van der Waals surface area contributed by atoms with Gasteiger partial charge in [-0.05, 0) is 58.8 Å². The number of likely N-dealkylation sites (tertiary alicyclic amines) is 1. The molecule has 1 saturated heterocycles. The number of carbonyl (C=O) groups excluding carboxylic acids is 1. The molecule has 1 aliphatic heterocycles. The number of guanidine groups is 1. The number of rotatable bonds is 8. The summed E-state index contributed by atoms with van der Waals surface area (Å²) in [6, 6.07) is 4.16. The molecule has 3 N–H and O–H groups in total. The monoisotopic (exact) mass is 377 g/mol. The molecule has 7 heteroatoms. The van der Waals surface area contributed by atoms with Crippen LogP contribution in [-0.4, -0.2) is 56.5 Å². The number of aliphatic imine (C=N–C) groups is 1. The summed E-state index contributed by atoms with van der Waals surface area (Å²) >= 11 is 0. The molecule has 7 nitrogen and oxygen atoms in total. The van der Waals surface area contributed by atoms with Crippen LogP contribution in [0.2, 0.25) is 0 Å². The van der Waals surface area contributed by atoms with Gasteiger partial charge in [0.15, 0.2) is 5.96 Å². The van der Waals surface area contributed by atoms with E-state index in [0.29, 0.717) is 13.1 Å². The van der Waals surface area contributed by atoms with Crippen molar-refractivity contribution in [2.24, 2.45) is 10.4 Å². The lowest BCUT2D eigenvalue weighted by atomic mass is 9.93. The van der Waals surface area contributed by atoms with E-state index in [-0.39, 0.29) is 11.9 Å². The highest BCUT2D eigenvalue weighted by atomic mass is 16.3. The summed E-state index contributed by atoms with van der Waals surface area (Å²) in [5.74, 6) is 1.69. The molecule has 1 amide bonds. The third-order valence-electron chi connectivity index (χ3n) is 4.98. The van der Waals surface area contributed by atoms with Crippen molar-refractivity contribution >= 4 is 11.9 Å². The minimum atomic E-state index is -0.551. The summed E-state index contributed by atoms with van der Waals surface area (Å²) in [7, 11) is 1.66. The van der Waals surface area contributed by atoms with Crippen molar-refractivity contribution in [1.29, 1.82) is 0 Å². The van der Waals surface area contributed by atoms with Crippen LogP contribution in [0.15, 0.2) is 27.8 Å². The van der Waals surface area contributed by atoms with E-state index >= 15 is 0 Å². The fourth-order valence-electron chi connectivity index (χ4n) is 3.34. The van der Waals surface area contributed by atoms with Crippen LogP contribution in [0.1, 0.15) is 51.8 Å². The van der Waals surface area contributed by atoms with Gasteiger partial charge in [0.1, 0.15) is 5.76 Å². The summed E-state index contributed by atoms with van der Waals surface area (Å²) in [5, 5.41) is 9.42. The SMILES string of the molecule is CCNC(=NCC(C)(C)C(=O)NC)NCC(c1ccco1)N1CCCCC1. The Morgan fingerprint density at radius 3 is 2.63 bits per heavy atom. The van der Waals surface area contributed by atoms with E-state index in [0.717, 1.165) is 31.4 Å². The van der Waals surface area contributed by atoms with Gasteiger partial charge in [-0.15, -0.1) is 0 Å². The highest BCUT2D eigenvalue weighted by Gasteiger charge is 2.27. The molecule has 2 rings (SSSR count). The molecule has 0 aromatic carbocycles. The molecule has 1 fully saturated rings. The van der Waals surface area contributed by atoms with E-state index in [4.69, 9.17) is 4.42 Å². The van der Waals surface area contributed by atoms with Gasteiger partial charge in [-0.25, -0.2) is 0 Å². The number of nitrogens with one attached hydrogen (secondary N) is 3. The van der Waals surface area contributed by atoms with Crippen LogP contribution in [0.4, 0.5) is 0 Å². The normalized spacial score (nSPS) is 17.4. The molecule has 1 aliphatic rings. The van der Waals surface area contributed by atoms with E-state index in [1.807, 2.05) is 32.9 Å². The zero-order valence-electron chi connectivity index (χ0n) is 17.2. The van der Waals surface area contributed by atoms with Gasteiger partial charge in [-0.1, -0.05) is 6.42 Å². The highest BCUT2D eigenvalue weighted by molar-refractivity contribution is 5.83. The Kier molecular flexibility index (Phi) is 8.16. The third kappa shape index (κ3) is 6.27. The minimum absolute atomic E-state index is 0.0103. The first-order valence-electron chi connectivity index (χ1n) is 9.99. The molecule has 2 heterocycles. The average molecular weight is 378 g/mol. The number of amides is 1. The predicted molar refractivity (Wildman–Crippen MR) is 109 cm³/mol. The van der Waals surface area contributed by atoms with Gasteiger partial charge in [0.25, 0.3) is 0 Å². The Labute approximate surface area is 163 Å². The van der Waals surface area contributed by atoms with Crippen LogP contribution in [0.25, 0.3) is 0 Å². The number of hydrogen-bond donors (Lipinski definition) is 3. The second-order valence-electron chi connectivity index (χ2n) is 7.67. The van der Waals surface area contributed by atoms with Crippen molar-refractivity contribution in [2.75, 3.05) is 39.8 Å². The van der Waals surface area contributed by atoms with E-state index in [2.05, 4.69) is 25.8 Å². The molecule has 1 aromatic rings. The van der Waals surface area contributed by atoms with Crippen molar-refractivity contribution in [1.82, 2.24) is 20.9 Å². The second-order valence-corrected chi connectivity index (χ2v) is 7.67. The third-order valence-corrected chi connectivity index (χ3v) is 4.98. The van der Waals surface area contributed by atoms with Crippen LogP contribution >= 0.6 is 0 Å². The Balaban J connectivity index is 2.04. The average Bonchev–Trinajstić information content (AvgIpc) is 3.20. The van der Waals surface area contributed by atoms with E-state index in [1.165, 1.54) is 19.3 Å². The fourth-order valence-corrected chi connectivity index (χ4v) is 3.34. The molecule has 27 heavy (non-hydrogen) atoms. The van der Waals surface area contributed by atoms with Crippen molar-refractivity contribution < 1.29 is 9.21 Å². The quantitative estimate of drug-likeness (QED) is 0.478. The maximum absolute atomic E-state index is 12.0. The standard InChI is InChI=1S/C20H35N5O2/c1-5-22-19(24-15-20(2,3)18(26)21-4)23-14-16(17-10-9-13-27-17)25-11-7-6-8-12-25/h9-10,13,16H,5-8,11-12,14-15H2,1-4H3,(H,21,26)(H2,22,23,24). The molecule has 0 aliphatic carbocycles. The van der Waals surface area contributed by atoms with Crippen molar-refractivity contribution in [3.8, 4) is 0 Å². The summed E-state index contributed by atoms with van der Waals surface area (Å²) in [4.78, 5) is 19.1. The number of nitrogens with zero attached hydrogens (tertiary/aromatic N) is 2. The molecule has 1 aromatic heterocycles. The Hall–Kier alpha value is -2.02. The lowest BCUT2D eigenvalue weighted by Gasteiger charge is -2.33. The summed E-state index contributed by atoms with van der Waals surface area (Å²) in [5.41, 5.74) is -0.551. The molecular formula is C20H35N5O2. The van der Waals surface area contributed by atoms with Gasteiger partial charge in [0, 0.05) is 20.1 Å². The Morgan fingerprint density at radius 2 is 2.04 bits per heavy atom. The maximum Gasteiger partial charge on any atom is 0.227 e. The molecular weight excluding hydrogens is 342 g/mol. The zero-order chi connectivity index (χ0) is 19.7. The first-order chi connectivity index (χ1) is 13.0. The van der Waals surface area contributed by atoms with Gasteiger partial charge in [0.05, 0.1) is 24.3 Å². The number of piperidine rings is 1. The zero-order valence-corrected chi connectivity index (χ0v) is 17.2. The molecule has 1 atom stereocenters. The first-order valence-corrected chi connectivity index (χ1v) is 9.99. The molecule has 152 valence electrons. The second kappa shape index (κ2) is 10.3. The van der Waals surface area contributed by atoms with Crippen LogP contribution in [0.3, 0.4) is 0 Å². The number of hydrogen-bond acceptors (Lipinski definition) is 4. The van der Waals surface area contributed by atoms with Gasteiger partial charge < -0.3 is 20.4 Å². The topological polar surface area (TPSA) is 81.9 Å². The maximum atomic E-state index is 12.0. The lowest BCUT2D eigenvalue weighted by molar-refractivity contribution is -0.128. The van der Waals surface area contributed by atoms with Crippen LogP contribution in [0, 0.1) is 5.41 Å². The smallest absolute Gasteiger partial charge is 0.227 e. The van der Waals surface area contributed by atoms with E-state index < -0.39 is 5.41 Å². The Morgan fingerprint density at radius 1 is 1.30 bits per heavy atom. The summed E-state index contributed by atoms with van der Waals surface area (Å²) < 4.78 is 5.71. The molecule has 0 radical (unpaired) electrons. The van der Waals surface area contributed by atoms with Crippen molar-refractivity contribution in [3.05, 3.63) is 24.2 Å². The van der Waals surface area contributed by atoms with Crippen molar-refractivity contribution in [2.45, 2.75) is 46.1 Å². The number of furan rings is 1. The molecule has 0 bridgehead atoms. The van der Waals surface area contributed by atoms with Gasteiger partial charge >= 0.3 is 0 Å². The van der Waals surface area contributed by atoms with Crippen LogP contribution in [-0.2, 0) is 4.79 Å². The predicted octanol–water partition coefficient (Wildman–Crippen LogP) is 2.13. The van der Waals surface area contributed by atoms with Crippen LogP contribution in [0.5, 0.6) is 0 Å². The van der Waals surface area contributed by atoms with E-state index in [9.17, 15) is 4.79 Å². The lowest BCUT2D eigenvalue weighted by Crippen LogP contribution is -2.45. The molecule has 1 unspecified atom stereocenters. The van der Waals surface area contributed by atoms with Gasteiger partial charge in [-0.3, -0.25) is 14.7 Å². The molecule has 0 saturated carbocycles. The minimum Gasteiger partial charge on any atom is -0.468 e. The van der Waals surface area contributed by atoms with Gasteiger partial charge in [0.2, 0.25) is 5.91 Å². The fraction of sp³-hybridized carbons (Fsp3) is 0.700. The van der Waals surface area contributed by atoms with Gasteiger partial charge in [-0.2, -0.15) is 0 Å². The largest absolute Gasteiger partial charge is 0.468 e. The van der Waals surface area contributed by atoms with Crippen LogP contribution < -0.4 is 16.0 Å². The highest BCUT2D eigenvalue weighted by Crippen LogP contribution is 2.24. The number of carbonyl (C=O) groups is 1. The Bertz CT molecular complexity index is 592. The molecule has 0 spiro atoms. The van der Waals surface area contributed by atoms with E-state index in [1.54, 1.807) is 13.3 Å². The summed E-state index contributed by atoms with van der Waals surface area (Å²) in [6.07, 6.45) is 5.49.